The molecule has 0 bridgehead atoms. The molecule has 8 nitrogen and oxygen atoms in total. The number of hydrogen-bond donors (Lipinski definition) is 0. The number of carbonyl (C=O) groups excluding carboxylic acids is 2. The second-order valence-electron chi connectivity index (χ2n) is 5.36. The van der Waals surface area contributed by atoms with Crippen LogP contribution in [0, 0.1) is 17.0 Å². The van der Waals surface area contributed by atoms with Gasteiger partial charge in [0.15, 0.2) is 0 Å². The molecule has 23 heavy (non-hydrogen) atoms. The Morgan fingerprint density at radius 1 is 1.22 bits per heavy atom. The molecule has 0 aromatic heterocycles. The van der Waals surface area contributed by atoms with Crippen LogP contribution in [0.2, 0.25) is 0 Å². The Balaban J connectivity index is 2.58. The van der Waals surface area contributed by atoms with E-state index in [1.807, 2.05) is 4.90 Å². The Kier molecular flexibility index (Phi) is 4.95. The first-order chi connectivity index (χ1) is 10.8. The summed E-state index contributed by atoms with van der Waals surface area (Å²) in [4.78, 5) is 37.3. The highest BCUT2D eigenvalue weighted by atomic mass is 16.6. The summed E-state index contributed by atoms with van der Waals surface area (Å²) in [5, 5.41) is 11.4. The predicted molar refractivity (Wildman–Crippen MR) is 84.7 cm³/mol. The lowest BCUT2D eigenvalue weighted by Gasteiger charge is -2.30. The van der Waals surface area contributed by atoms with Gasteiger partial charge in [-0.05, 0) is 18.6 Å². The van der Waals surface area contributed by atoms with Crippen LogP contribution in [-0.2, 0) is 14.3 Å². The second kappa shape index (κ2) is 6.74. The van der Waals surface area contributed by atoms with E-state index in [2.05, 4.69) is 0 Å². The normalized spacial score (nSPS) is 14.5. The van der Waals surface area contributed by atoms with E-state index in [1.54, 1.807) is 13.0 Å². The number of aryl methyl sites for hydroxylation is 1. The fourth-order valence-electron chi connectivity index (χ4n) is 2.68. The Hall–Kier alpha value is -2.48. The number of carbonyl (C=O) groups is 2. The number of hydrogen-bond acceptors (Lipinski definition) is 6. The van der Waals surface area contributed by atoms with Crippen molar-refractivity contribution in [1.29, 1.82) is 0 Å². The molecule has 8 heteroatoms. The largest absolute Gasteiger partial charge is 0.378 e. The molecule has 1 saturated heterocycles. The molecule has 2 rings (SSSR count). The average Bonchev–Trinajstić information content (AvgIpc) is 2.48. The Bertz CT molecular complexity index is 639. The van der Waals surface area contributed by atoms with Crippen molar-refractivity contribution in [3.8, 4) is 0 Å². The summed E-state index contributed by atoms with van der Waals surface area (Å²) in [6.45, 7) is 6.21. The van der Waals surface area contributed by atoms with Crippen LogP contribution in [0.5, 0.6) is 0 Å². The van der Waals surface area contributed by atoms with E-state index >= 15 is 0 Å². The number of anilines is 2. The van der Waals surface area contributed by atoms with E-state index in [0.29, 0.717) is 43.2 Å². The van der Waals surface area contributed by atoms with E-state index in [1.165, 1.54) is 19.9 Å². The molecule has 1 aromatic rings. The quantitative estimate of drug-likeness (QED) is 0.620. The Morgan fingerprint density at radius 3 is 2.26 bits per heavy atom. The average molecular weight is 321 g/mol. The minimum atomic E-state index is -0.451. The highest BCUT2D eigenvalue weighted by Crippen LogP contribution is 2.36. The van der Waals surface area contributed by atoms with Crippen molar-refractivity contribution >= 4 is 28.9 Å². The van der Waals surface area contributed by atoms with E-state index < -0.39 is 16.7 Å². The van der Waals surface area contributed by atoms with Crippen LogP contribution in [0.25, 0.3) is 0 Å². The lowest BCUT2D eigenvalue weighted by Crippen LogP contribution is -2.37. The van der Waals surface area contributed by atoms with Gasteiger partial charge in [0.25, 0.3) is 5.69 Å². The van der Waals surface area contributed by atoms with Crippen LogP contribution < -0.4 is 9.80 Å². The van der Waals surface area contributed by atoms with Crippen molar-refractivity contribution in [2.45, 2.75) is 20.8 Å². The maximum atomic E-state index is 11.8. The summed E-state index contributed by atoms with van der Waals surface area (Å²) in [6, 6.07) is 2.95. The van der Waals surface area contributed by atoms with Gasteiger partial charge in [0, 0.05) is 33.0 Å². The van der Waals surface area contributed by atoms with Crippen molar-refractivity contribution < 1.29 is 19.2 Å². The van der Waals surface area contributed by atoms with E-state index in [4.69, 9.17) is 4.74 Å². The van der Waals surface area contributed by atoms with Crippen molar-refractivity contribution in [1.82, 2.24) is 0 Å². The Morgan fingerprint density at radius 2 is 1.78 bits per heavy atom. The fraction of sp³-hybridized carbons (Fsp3) is 0.467. The summed E-state index contributed by atoms with van der Waals surface area (Å²) in [5.41, 5.74) is 1.22. The van der Waals surface area contributed by atoms with Crippen molar-refractivity contribution in [2.75, 3.05) is 36.1 Å². The van der Waals surface area contributed by atoms with Gasteiger partial charge in [0.1, 0.15) is 5.69 Å². The first kappa shape index (κ1) is 16.9. The molecule has 0 unspecified atom stereocenters. The zero-order valence-electron chi connectivity index (χ0n) is 13.4. The number of rotatable bonds is 3. The maximum Gasteiger partial charge on any atom is 0.292 e. The van der Waals surface area contributed by atoms with E-state index in [9.17, 15) is 19.7 Å². The molecular formula is C15H19N3O5. The van der Waals surface area contributed by atoms with Crippen LogP contribution in [0.1, 0.15) is 19.4 Å². The number of imide groups is 1. The van der Waals surface area contributed by atoms with Crippen molar-refractivity contribution in [2.24, 2.45) is 0 Å². The molecule has 1 fully saturated rings. The van der Waals surface area contributed by atoms with Gasteiger partial charge < -0.3 is 9.64 Å². The Labute approximate surface area is 133 Å². The fourth-order valence-corrected chi connectivity index (χ4v) is 2.68. The molecule has 1 aliphatic heterocycles. The summed E-state index contributed by atoms with van der Waals surface area (Å²) in [7, 11) is 0. The topological polar surface area (TPSA) is 93.0 Å². The van der Waals surface area contributed by atoms with E-state index in [0.717, 1.165) is 4.90 Å². The van der Waals surface area contributed by atoms with Gasteiger partial charge in [-0.15, -0.1) is 0 Å². The second-order valence-corrected chi connectivity index (χ2v) is 5.36. The smallest absolute Gasteiger partial charge is 0.292 e. The minimum absolute atomic E-state index is 0.0415. The van der Waals surface area contributed by atoms with Crippen LogP contribution in [-0.4, -0.2) is 43.0 Å². The van der Waals surface area contributed by atoms with Gasteiger partial charge in [0.05, 0.1) is 23.8 Å². The molecule has 0 atom stereocenters. The molecule has 124 valence electrons. The van der Waals surface area contributed by atoms with E-state index in [-0.39, 0.29) is 5.69 Å². The standard InChI is InChI=1S/C15H19N3O5/c1-10-8-15(18(21)22)14(16-4-6-23-7-5-16)9-13(10)17(11(2)19)12(3)20/h8-9H,4-7H2,1-3H3. The third kappa shape index (κ3) is 3.48. The summed E-state index contributed by atoms with van der Waals surface area (Å²) in [5.74, 6) is -0.857. The molecule has 0 radical (unpaired) electrons. The third-order valence-electron chi connectivity index (χ3n) is 3.71. The van der Waals surface area contributed by atoms with Crippen molar-refractivity contribution in [3.63, 3.8) is 0 Å². The number of benzene rings is 1. The lowest BCUT2D eigenvalue weighted by molar-refractivity contribution is -0.384. The molecule has 1 heterocycles. The van der Waals surface area contributed by atoms with Gasteiger partial charge in [-0.25, -0.2) is 0 Å². The summed E-state index contributed by atoms with van der Waals surface area (Å²) >= 11 is 0. The first-order valence-electron chi connectivity index (χ1n) is 7.26. The molecule has 1 aromatic carbocycles. The van der Waals surface area contributed by atoms with Gasteiger partial charge in [0.2, 0.25) is 11.8 Å². The molecule has 0 spiro atoms. The zero-order chi connectivity index (χ0) is 17.1. The maximum absolute atomic E-state index is 11.8. The molecular weight excluding hydrogens is 302 g/mol. The minimum Gasteiger partial charge on any atom is -0.378 e. The van der Waals surface area contributed by atoms with Crippen LogP contribution >= 0.6 is 0 Å². The number of morpholine rings is 1. The highest BCUT2D eigenvalue weighted by molar-refractivity contribution is 6.14. The first-order valence-corrected chi connectivity index (χ1v) is 7.26. The van der Waals surface area contributed by atoms with Crippen LogP contribution in [0.4, 0.5) is 17.1 Å². The summed E-state index contributed by atoms with van der Waals surface area (Å²) in [6.07, 6.45) is 0. The number of amides is 2. The molecule has 0 N–H and O–H groups in total. The van der Waals surface area contributed by atoms with Crippen molar-refractivity contribution in [3.05, 3.63) is 27.8 Å². The van der Waals surface area contributed by atoms with Gasteiger partial charge in [-0.3, -0.25) is 24.6 Å². The number of ether oxygens (including phenoxy) is 1. The van der Waals surface area contributed by atoms with Gasteiger partial charge >= 0.3 is 0 Å². The SMILES string of the molecule is CC(=O)N(C(C)=O)c1cc(N2CCOCC2)c([N+](=O)[O-])cc1C. The molecule has 0 aliphatic carbocycles. The van der Waals surface area contributed by atoms with Gasteiger partial charge in [-0.2, -0.15) is 0 Å². The highest BCUT2D eigenvalue weighted by Gasteiger charge is 2.27. The van der Waals surface area contributed by atoms with Crippen LogP contribution in [0.3, 0.4) is 0 Å². The lowest BCUT2D eigenvalue weighted by atomic mass is 10.1. The zero-order valence-corrected chi connectivity index (χ0v) is 13.4. The van der Waals surface area contributed by atoms with Crippen LogP contribution in [0.15, 0.2) is 12.1 Å². The molecule has 2 amide bonds. The number of nitrogens with zero attached hydrogens (tertiary/aromatic N) is 3. The molecule has 1 aliphatic rings. The summed E-state index contributed by atoms with van der Waals surface area (Å²) < 4.78 is 5.27. The third-order valence-corrected chi connectivity index (χ3v) is 3.71. The monoisotopic (exact) mass is 321 g/mol. The number of nitro benzene ring substituents is 1. The number of nitro groups is 1. The molecule has 0 saturated carbocycles. The predicted octanol–water partition coefficient (Wildman–Crippen LogP) is 1.64. The van der Waals surface area contributed by atoms with Gasteiger partial charge in [-0.1, -0.05) is 0 Å².